The lowest BCUT2D eigenvalue weighted by atomic mass is 9.98. The molecule has 3 aromatic carbocycles. The van der Waals surface area contributed by atoms with Crippen molar-refractivity contribution < 1.29 is 9.15 Å². The number of para-hydroxylation sites is 1. The molecule has 2 heterocycles. The summed E-state index contributed by atoms with van der Waals surface area (Å²) in [5.41, 5.74) is 5.29. The van der Waals surface area contributed by atoms with E-state index in [0.717, 1.165) is 44.7 Å². The molecule has 0 atom stereocenters. The van der Waals surface area contributed by atoms with Gasteiger partial charge in [-0.25, -0.2) is 0 Å². The van der Waals surface area contributed by atoms with E-state index in [0.29, 0.717) is 0 Å². The zero-order valence-corrected chi connectivity index (χ0v) is 14.3. The fourth-order valence-corrected chi connectivity index (χ4v) is 3.48. The van der Waals surface area contributed by atoms with Gasteiger partial charge in [-0.3, -0.25) is 0 Å². The Morgan fingerprint density at radius 3 is 2.50 bits per heavy atom. The van der Waals surface area contributed by atoms with Gasteiger partial charge in [-0.15, -0.1) is 0 Å². The minimum absolute atomic E-state index is 0.833. The zero-order valence-electron chi connectivity index (χ0n) is 14.3. The molecule has 0 aliphatic carbocycles. The van der Waals surface area contributed by atoms with Crippen LogP contribution in [0.2, 0.25) is 0 Å². The van der Waals surface area contributed by atoms with Gasteiger partial charge in [-0.05, 0) is 53.4 Å². The van der Waals surface area contributed by atoms with Crippen LogP contribution in [0.4, 0.5) is 0 Å². The third-order valence-electron chi connectivity index (χ3n) is 4.79. The highest BCUT2D eigenvalue weighted by molar-refractivity contribution is 6.03. The summed E-state index contributed by atoms with van der Waals surface area (Å²) in [7, 11) is 1.67. The van der Waals surface area contributed by atoms with Crippen molar-refractivity contribution in [3.05, 3.63) is 79.0 Å². The molecule has 0 spiro atoms. The predicted molar refractivity (Wildman–Crippen MR) is 105 cm³/mol. The number of ether oxygens (including phenoxy) is 1. The molecular weight excluding hydrogens is 322 g/mol. The lowest BCUT2D eigenvalue weighted by Gasteiger charge is -2.06. The number of H-pyrrole nitrogens is 1. The molecule has 0 fully saturated rings. The van der Waals surface area contributed by atoms with Crippen molar-refractivity contribution in [2.24, 2.45) is 0 Å². The summed E-state index contributed by atoms with van der Waals surface area (Å²) in [6, 6.07) is 24.7. The number of furan rings is 1. The maximum Gasteiger partial charge on any atom is 0.143 e. The van der Waals surface area contributed by atoms with Gasteiger partial charge in [0.25, 0.3) is 0 Å². The number of hydrogen-bond donors (Lipinski definition) is 1. The van der Waals surface area contributed by atoms with E-state index in [-0.39, 0.29) is 0 Å². The minimum atomic E-state index is 0.833. The van der Waals surface area contributed by atoms with E-state index in [2.05, 4.69) is 35.3 Å². The summed E-state index contributed by atoms with van der Waals surface area (Å²) in [4.78, 5) is 3.30. The van der Waals surface area contributed by atoms with Crippen molar-refractivity contribution in [1.29, 1.82) is 0 Å². The normalized spacial score (nSPS) is 11.3. The zero-order chi connectivity index (χ0) is 17.5. The molecule has 5 aromatic rings. The van der Waals surface area contributed by atoms with E-state index in [4.69, 9.17) is 9.15 Å². The van der Waals surface area contributed by atoms with E-state index < -0.39 is 0 Å². The van der Waals surface area contributed by atoms with Crippen LogP contribution < -0.4 is 4.74 Å². The summed E-state index contributed by atoms with van der Waals surface area (Å²) in [5, 5.41) is 2.32. The minimum Gasteiger partial charge on any atom is -0.497 e. The molecule has 2 aromatic heterocycles. The van der Waals surface area contributed by atoms with Gasteiger partial charge in [0.2, 0.25) is 0 Å². The molecule has 0 bridgehead atoms. The number of aromatic nitrogens is 1. The second-order valence-corrected chi connectivity index (χ2v) is 6.31. The monoisotopic (exact) mass is 339 g/mol. The van der Waals surface area contributed by atoms with E-state index >= 15 is 0 Å². The SMILES string of the molecule is COc1ccc(-c2oc3ccccc3c2-c2ccc3cc[nH]c3c2)cc1. The van der Waals surface area contributed by atoms with Crippen molar-refractivity contribution in [2.45, 2.75) is 0 Å². The third-order valence-corrected chi connectivity index (χ3v) is 4.79. The molecule has 3 heteroatoms. The molecule has 126 valence electrons. The first kappa shape index (κ1) is 14.8. The van der Waals surface area contributed by atoms with Gasteiger partial charge < -0.3 is 14.1 Å². The summed E-state index contributed by atoms with van der Waals surface area (Å²) in [6.45, 7) is 0. The Bertz CT molecular complexity index is 1210. The van der Waals surface area contributed by atoms with Gasteiger partial charge in [0.15, 0.2) is 0 Å². The third kappa shape index (κ3) is 2.29. The van der Waals surface area contributed by atoms with Crippen molar-refractivity contribution in [3.8, 4) is 28.2 Å². The van der Waals surface area contributed by atoms with Crippen molar-refractivity contribution in [2.75, 3.05) is 7.11 Å². The summed E-state index contributed by atoms with van der Waals surface area (Å²) in [5.74, 6) is 1.71. The van der Waals surface area contributed by atoms with Crippen molar-refractivity contribution in [3.63, 3.8) is 0 Å². The summed E-state index contributed by atoms with van der Waals surface area (Å²) in [6.07, 6.45) is 1.96. The molecule has 26 heavy (non-hydrogen) atoms. The first-order chi connectivity index (χ1) is 12.8. The van der Waals surface area contributed by atoms with Crippen LogP contribution >= 0.6 is 0 Å². The van der Waals surface area contributed by atoms with Gasteiger partial charge in [0.05, 0.1) is 7.11 Å². The first-order valence-electron chi connectivity index (χ1n) is 8.57. The highest BCUT2D eigenvalue weighted by Crippen LogP contribution is 2.41. The highest BCUT2D eigenvalue weighted by atomic mass is 16.5. The van der Waals surface area contributed by atoms with Crippen LogP contribution in [0.3, 0.4) is 0 Å². The fraction of sp³-hybridized carbons (Fsp3) is 0.0435. The van der Waals surface area contributed by atoms with Gasteiger partial charge in [-0.1, -0.05) is 30.3 Å². The Kier molecular flexibility index (Phi) is 3.32. The number of benzene rings is 3. The smallest absolute Gasteiger partial charge is 0.143 e. The Labute approximate surface area is 150 Å². The Hall–Kier alpha value is -3.46. The number of nitrogens with one attached hydrogen (secondary N) is 1. The lowest BCUT2D eigenvalue weighted by Crippen LogP contribution is -1.84. The topological polar surface area (TPSA) is 38.2 Å². The molecule has 5 rings (SSSR count). The predicted octanol–water partition coefficient (Wildman–Crippen LogP) is 6.26. The van der Waals surface area contributed by atoms with Crippen LogP contribution in [0.15, 0.2) is 83.4 Å². The number of methoxy groups -OCH3 is 1. The molecule has 0 saturated heterocycles. The van der Waals surface area contributed by atoms with Crippen LogP contribution in [0.1, 0.15) is 0 Å². The largest absolute Gasteiger partial charge is 0.497 e. The maximum atomic E-state index is 6.26. The number of hydrogen-bond acceptors (Lipinski definition) is 2. The molecule has 0 amide bonds. The van der Waals surface area contributed by atoms with Gasteiger partial charge >= 0.3 is 0 Å². The van der Waals surface area contributed by atoms with E-state index in [1.807, 2.05) is 48.7 Å². The van der Waals surface area contributed by atoms with E-state index in [9.17, 15) is 0 Å². The van der Waals surface area contributed by atoms with Gasteiger partial charge in [-0.2, -0.15) is 0 Å². The second kappa shape index (κ2) is 5.81. The molecule has 0 unspecified atom stereocenters. The standard InChI is InChI=1S/C23H17NO2/c1-25-18-10-8-16(9-11-18)23-22(19-4-2-3-5-21(19)26-23)17-7-6-15-12-13-24-20(15)14-17/h2-14,24H,1H3. The number of fused-ring (bicyclic) bond motifs is 2. The Morgan fingerprint density at radius 2 is 1.65 bits per heavy atom. The molecule has 0 radical (unpaired) electrons. The van der Waals surface area contributed by atoms with Crippen LogP contribution in [-0.2, 0) is 0 Å². The van der Waals surface area contributed by atoms with E-state index in [1.165, 1.54) is 5.39 Å². The van der Waals surface area contributed by atoms with Gasteiger partial charge in [0.1, 0.15) is 17.1 Å². The van der Waals surface area contributed by atoms with Crippen LogP contribution in [0.25, 0.3) is 44.3 Å². The molecule has 1 N–H and O–H groups in total. The summed E-state index contributed by atoms with van der Waals surface area (Å²) < 4.78 is 11.5. The molecule has 3 nitrogen and oxygen atoms in total. The molecule has 0 aliphatic rings. The van der Waals surface area contributed by atoms with E-state index in [1.54, 1.807) is 7.11 Å². The van der Waals surface area contributed by atoms with Crippen LogP contribution in [-0.4, -0.2) is 12.1 Å². The first-order valence-corrected chi connectivity index (χ1v) is 8.57. The van der Waals surface area contributed by atoms with Crippen molar-refractivity contribution in [1.82, 2.24) is 4.98 Å². The number of rotatable bonds is 3. The average Bonchev–Trinajstić information content (AvgIpc) is 3.31. The molecule has 0 saturated carbocycles. The average molecular weight is 339 g/mol. The maximum absolute atomic E-state index is 6.26. The quantitative estimate of drug-likeness (QED) is 0.421. The van der Waals surface area contributed by atoms with Crippen molar-refractivity contribution >= 4 is 21.9 Å². The van der Waals surface area contributed by atoms with Crippen LogP contribution in [0, 0.1) is 0 Å². The summed E-state index contributed by atoms with van der Waals surface area (Å²) >= 11 is 0. The highest BCUT2D eigenvalue weighted by Gasteiger charge is 2.18. The molecule has 0 aliphatic heterocycles. The Balaban J connectivity index is 1.78. The van der Waals surface area contributed by atoms with Crippen LogP contribution in [0.5, 0.6) is 5.75 Å². The molecular formula is C23H17NO2. The fourth-order valence-electron chi connectivity index (χ4n) is 3.48. The second-order valence-electron chi connectivity index (χ2n) is 6.31. The lowest BCUT2D eigenvalue weighted by molar-refractivity contribution is 0.415. The Morgan fingerprint density at radius 1 is 0.846 bits per heavy atom. The number of aromatic amines is 1. The van der Waals surface area contributed by atoms with Gasteiger partial charge in [0, 0.05) is 28.2 Å².